The number of rotatable bonds is 1. The second kappa shape index (κ2) is 3.98. The second-order valence-corrected chi connectivity index (χ2v) is 3.53. The highest BCUT2D eigenvalue weighted by atomic mass is 16.7. The Bertz CT molecular complexity index is 296. The minimum absolute atomic E-state index is 0.262. The van der Waals surface area contributed by atoms with Crippen molar-refractivity contribution in [3.8, 4) is 5.75 Å². The Hall–Kier alpha value is -1.06. The molecule has 0 amide bonds. The van der Waals surface area contributed by atoms with E-state index in [1.165, 1.54) is 0 Å². The van der Waals surface area contributed by atoms with E-state index in [2.05, 4.69) is 0 Å². The van der Waals surface area contributed by atoms with Crippen LogP contribution in [0.4, 0.5) is 0 Å². The van der Waals surface area contributed by atoms with Gasteiger partial charge in [-0.25, -0.2) is 0 Å². The smallest absolute Gasteiger partial charge is 0.183 e. The molecule has 0 unspecified atom stereocenters. The predicted octanol–water partition coefficient (Wildman–Crippen LogP) is 2.14. The van der Waals surface area contributed by atoms with Gasteiger partial charge in [-0.05, 0) is 31.0 Å². The first-order chi connectivity index (χ1) is 6.75. The lowest BCUT2D eigenvalue weighted by Crippen LogP contribution is -2.17. The number of hydrogen-bond donors (Lipinski definition) is 1. The van der Waals surface area contributed by atoms with Gasteiger partial charge >= 0.3 is 0 Å². The summed E-state index contributed by atoms with van der Waals surface area (Å²) in [7, 11) is 0. The van der Waals surface area contributed by atoms with Gasteiger partial charge in [0.25, 0.3) is 0 Å². The standard InChI is InChI=1S/C11H14O3/c1-8-5-9(7-10(12)6-8)11-13-3-2-4-14-11/h5-7,11-12H,2-4H2,1H3. The molecule has 1 N–H and O–H groups in total. The number of aryl methyl sites for hydroxylation is 1. The van der Waals surface area contributed by atoms with Crippen LogP contribution >= 0.6 is 0 Å². The first-order valence-electron chi connectivity index (χ1n) is 4.79. The zero-order valence-corrected chi connectivity index (χ0v) is 8.19. The third kappa shape index (κ3) is 2.05. The molecule has 3 nitrogen and oxygen atoms in total. The first kappa shape index (κ1) is 9.49. The molecule has 0 aliphatic carbocycles. The molecular formula is C11H14O3. The summed E-state index contributed by atoms with van der Waals surface area (Å²) in [5, 5.41) is 9.41. The minimum atomic E-state index is -0.311. The quantitative estimate of drug-likeness (QED) is 0.744. The van der Waals surface area contributed by atoms with Crippen LogP contribution in [0.3, 0.4) is 0 Å². The van der Waals surface area contributed by atoms with E-state index in [1.807, 2.05) is 13.0 Å². The van der Waals surface area contributed by atoms with E-state index in [0.717, 1.165) is 30.8 Å². The van der Waals surface area contributed by atoms with Crippen LogP contribution in [0, 0.1) is 6.92 Å². The van der Waals surface area contributed by atoms with E-state index in [1.54, 1.807) is 12.1 Å². The highest BCUT2D eigenvalue weighted by Crippen LogP contribution is 2.26. The largest absolute Gasteiger partial charge is 0.508 e. The fourth-order valence-electron chi connectivity index (χ4n) is 1.61. The van der Waals surface area contributed by atoms with Gasteiger partial charge in [-0.1, -0.05) is 6.07 Å². The van der Waals surface area contributed by atoms with Gasteiger partial charge in [0.05, 0.1) is 13.2 Å². The zero-order valence-electron chi connectivity index (χ0n) is 8.19. The molecule has 1 heterocycles. The third-order valence-electron chi connectivity index (χ3n) is 2.18. The molecule has 0 bridgehead atoms. The molecule has 0 aromatic heterocycles. The first-order valence-corrected chi connectivity index (χ1v) is 4.79. The average molecular weight is 194 g/mol. The molecular weight excluding hydrogens is 180 g/mol. The third-order valence-corrected chi connectivity index (χ3v) is 2.18. The molecule has 2 rings (SSSR count). The fraction of sp³-hybridized carbons (Fsp3) is 0.455. The molecule has 1 aromatic carbocycles. The molecule has 1 aromatic rings. The van der Waals surface area contributed by atoms with Crippen molar-refractivity contribution in [2.75, 3.05) is 13.2 Å². The Kier molecular flexibility index (Phi) is 2.70. The van der Waals surface area contributed by atoms with Crippen molar-refractivity contribution in [2.24, 2.45) is 0 Å². The van der Waals surface area contributed by atoms with Crippen LogP contribution < -0.4 is 0 Å². The number of benzene rings is 1. The van der Waals surface area contributed by atoms with Crippen LogP contribution in [-0.2, 0) is 9.47 Å². The van der Waals surface area contributed by atoms with E-state index < -0.39 is 0 Å². The number of hydrogen-bond acceptors (Lipinski definition) is 3. The number of ether oxygens (including phenoxy) is 2. The van der Waals surface area contributed by atoms with Crippen molar-refractivity contribution in [1.29, 1.82) is 0 Å². The molecule has 1 aliphatic heterocycles. The van der Waals surface area contributed by atoms with Crippen molar-refractivity contribution in [3.05, 3.63) is 29.3 Å². The lowest BCUT2D eigenvalue weighted by atomic mass is 10.1. The summed E-state index contributed by atoms with van der Waals surface area (Å²) in [6.45, 7) is 3.38. The van der Waals surface area contributed by atoms with Crippen molar-refractivity contribution in [2.45, 2.75) is 19.6 Å². The fourth-order valence-corrected chi connectivity index (χ4v) is 1.61. The Morgan fingerprint density at radius 2 is 1.93 bits per heavy atom. The Balaban J connectivity index is 2.21. The van der Waals surface area contributed by atoms with Crippen LogP contribution in [-0.4, -0.2) is 18.3 Å². The van der Waals surface area contributed by atoms with Gasteiger partial charge in [-0.3, -0.25) is 0 Å². The van der Waals surface area contributed by atoms with Crippen LogP contribution in [0.25, 0.3) is 0 Å². The summed E-state index contributed by atoms with van der Waals surface area (Å²) < 4.78 is 10.9. The lowest BCUT2D eigenvalue weighted by molar-refractivity contribution is -0.183. The molecule has 0 saturated carbocycles. The van der Waals surface area contributed by atoms with Crippen molar-refractivity contribution < 1.29 is 14.6 Å². The van der Waals surface area contributed by atoms with Gasteiger partial charge in [0.1, 0.15) is 5.75 Å². The maximum absolute atomic E-state index is 9.41. The van der Waals surface area contributed by atoms with Gasteiger partial charge in [-0.2, -0.15) is 0 Å². The Labute approximate surface area is 83.3 Å². The lowest BCUT2D eigenvalue weighted by Gasteiger charge is -2.23. The summed E-state index contributed by atoms with van der Waals surface area (Å²) in [5.74, 6) is 0.262. The van der Waals surface area contributed by atoms with E-state index in [4.69, 9.17) is 9.47 Å². The van der Waals surface area contributed by atoms with E-state index in [0.29, 0.717) is 0 Å². The van der Waals surface area contributed by atoms with Crippen molar-refractivity contribution in [1.82, 2.24) is 0 Å². The second-order valence-electron chi connectivity index (χ2n) is 3.53. The zero-order chi connectivity index (χ0) is 9.97. The number of aromatic hydroxyl groups is 1. The van der Waals surface area contributed by atoms with Gasteiger partial charge in [0.15, 0.2) is 6.29 Å². The minimum Gasteiger partial charge on any atom is -0.508 e. The van der Waals surface area contributed by atoms with Crippen molar-refractivity contribution >= 4 is 0 Å². The normalized spacial score (nSPS) is 18.4. The highest BCUT2D eigenvalue weighted by molar-refractivity contribution is 5.33. The molecule has 14 heavy (non-hydrogen) atoms. The maximum Gasteiger partial charge on any atom is 0.183 e. The van der Waals surface area contributed by atoms with Gasteiger partial charge < -0.3 is 14.6 Å². The maximum atomic E-state index is 9.41. The summed E-state index contributed by atoms with van der Waals surface area (Å²) >= 11 is 0. The van der Waals surface area contributed by atoms with Gasteiger partial charge in [-0.15, -0.1) is 0 Å². The summed E-state index contributed by atoms with van der Waals surface area (Å²) in [6, 6.07) is 5.37. The Morgan fingerprint density at radius 1 is 1.21 bits per heavy atom. The number of phenolic OH excluding ortho intramolecular Hbond substituents is 1. The van der Waals surface area contributed by atoms with Crippen molar-refractivity contribution in [3.63, 3.8) is 0 Å². The van der Waals surface area contributed by atoms with E-state index in [-0.39, 0.29) is 12.0 Å². The Morgan fingerprint density at radius 3 is 2.57 bits per heavy atom. The summed E-state index contributed by atoms with van der Waals surface area (Å²) in [6.07, 6.45) is 0.628. The molecule has 1 aliphatic rings. The number of phenols is 1. The SMILES string of the molecule is Cc1cc(O)cc(C2OCCCO2)c1. The average Bonchev–Trinajstić information content (AvgIpc) is 2.18. The molecule has 0 spiro atoms. The van der Waals surface area contributed by atoms with E-state index in [9.17, 15) is 5.11 Å². The van der Waals surface area contributed by atoms with Gasteiger partial charge in [0, 0.05) is 5.56 Å². The highest BCUT2D eigenvalue weighted by Gasteiger charge is 2.17. The topological polar surface area (TPSA) is 38.7 Å². The van der Waals surface area contributed by atoms with E-state index >= 15 is 0 Å². The molecule has 3 heteroatoms. The van der Waals surface area contributed by atoms with Crippen LogP contribution in [0.15, 0.2) is 18.2 Å². The van der Waals surface area contributed by atoms with Crippen LogP contribution in [0.1, 0.15) is 23.8 Å². The van der Waals surface area contributed by atoms with Gasteiger partial charge in [0.2, 0.25) is 0 Å². The molecule has 76 valence electrons. The summed E-state index contributed by atoms with van der Waals surface area (Å²) in [4.78, 5) is 0. The molecule has 0 radical (unpaired) electrons. The molecule has 0 atom stereocenters. The van der Waals surface area contributed by atoms with Crippen LogP contribution in [0.2, 0.25) is 0 Å². The molecule has 1 fully saturated rings. The van der Waals surface area contributed by atoms with Crippen LogP contribution in [0.5, 0.6) is 5.75 Å². The predicted molar refractivity (Wildman–Crippen MR) is 52.1 cm³/mol. The summed E-state index contributed by atoms with van der Waals surface area (Å²) in [5.41, 5.74) is 1.90. The molecule has 1 saturated heterocycles. The monoisotopic (exact) mass is 194 g/mol.